The molecule has 0 fully saturated rings. The van der Waals surface area contributed by atoms with Gasteiger partial charge in [0.05, 0.1) is 12.8 Å². The Hall–Kier alpha value is -2.20. The highest BCUT2D eigenvalue weighted by atomic mass is 35.5. The molecule has 0 saturated carbocycles. The lowest BCUT2D eigenvalue weighted by Crippen LogP contribution is -2.03. The third kappa shape index (κ3) is 2.11. The zero-order chi connectivity index (χ0) is 13.4. The molecule has 2 heterocycles. The van der Waals surface area contributed by atoms with Crippen molar-refractivity contribution in [3.8, 4) is 0 Å². The third-order valence-corrected chi connectivity index (χ3v) is 3.26. The molecule has 0 radical (unpaired) electrons. The molecule has 0 amide bonds. The number of carbonyl (C=O) groups is 1. The minimum Gasteiger partial charge on any atom is -0.478 e. The molecule has 0 aliphatic rings. The van der Waals surface area contributed by atoms with Crippen molar-refractivity contribution in [2.45, 2.75) is 6.54 Å². The summed E-state index contributed by atoms with van der Waals surface area (Å²) in [7, 11) is 0. The van der Waals surface area contributed by atoms with Gasteiger partial charge in [-0.15, -0.1) is 0 Å². The molecule has 0 bridgehead atoms. The number of nitrogens with zero attached hydrogens (tertiary/aromatic N) is 1. The maximum atomic E-state index is 11.0. The Kier molecular flexibility index (Phi) is 2.80. The standard InChI is InChI=1S/C14H10ClNO3/c15-10-1-2-12-9(7-10)3-5-16(12)8-13-11(14(17)18)4-6-19-13/h1-7H,8H2,(H,17,18). The molecule has 2 aromatic heterocycles. The van der Waals surface area contributed by atoms with Crippen LogP contribution >= 0.6 is 11.6 Å². The lowest BCUT2D eigenvalue weighted by atomic mass is 10.2. The second-order valence-corrected chi connectivity index (χ2v) is 4.65. The number of hydrogen-bond donors (Lipinski definition) is 1. The molecule has 19 heavy (non-hydrogen) atoms. The van der Waals surface area contributed by atoms with Gasteiger partial charge >= 0.3 is 5.97 Å². The maximum Gasteiger partial charge on any atom is 0.339 e. The summed E-state index contributed by atoms with van der Waals surface area (Å²) in [6.07, 6.45) is 3.27. The molecule has 0 atom stereocenters. The van der Waals surface area contributed by atoms with Gasteiger partial charge < -0.3 is 14.1 Å². The summed E-state index contributed by atoms with van der Waals surface area (Å²) in [4.78, 5) is 11.0. The van der Waals surface area contributed by atoms with Crippen molar-refractivity contribution < 1.29 is 14.3 Å². The quantitative estimate of drug-likeness (QED) is 0.794. The van der Waals surface area contributed by atoms with Gasteiger partial charge in [0.2, 0.25) is 0 Å². The average molecular weight is 276 g/mol. The number of carboxylic acids is 1. The lowest BCUT2D eigenvalue weighted by Gasteiger charge is -2.04. The van der Waals surface area contributed by atoms with Crippen LogP contribution in [0.4, 0.5) is 0 Å². The van der Waals surface area contributed by atoms with E-state index in [1.165, 1.54) is 12.3 Å². The first kappa shape index (κ1) is 11.9. The van der Waals surface area contributed by atoms with Crippen LogP contribution in [0, 0.1) is 0 Å². The fraction of sp³-hybridized carbons (Fsp3) is 0.0714. The van der Waals surface area contributed by atoms with Crippen molar-refractivity contribution in [2.75, 3.05) is 0 Å². The molecule has 0 spiro atoms. The smallest absolute Gasteiger partial charge is 0.339 e. The Balaban J connectivity index is 2.01. The first-order chi connectivity index (χ1) is 9.15. The van der Waals surface area contributed by atoms with E-state index in [-0.39, 0.29) is 5.56 Å². The van der Waals surface area contributed by atoms with Crippen LogP contribution in [0.2, 0.25) is 5.02 Å². The van der Waals surface area contributed by atoms with E-state index in [9.17, 15) is 4.79 Å². The first-order valence-electron chi connectivity index (χ1n) is 5.69. The Morgan fingerprint density at radius 1 is 1.32 bits per heavy atom. The lowest BCUT2D eigenvalue weighted by molar-refractivity contribution is 0.0694. The van der Waals surface area contributed by atoms with Crippen molar-refractivity contribution >= 4 is 28.5 Å². The highest BCUT2D eigenvalue weighted by Crippen LogP contribution is 2.22. The van der Waals surface area contributed by atoms with Gasteiger partial charge in [-0.2, -0.15) is 0 Å². The molecular weight excluding hydrogens is 266 g/mol. The number of carboxylic acid groups (broad SMARTS) is 1. The van der Waals surface area contributed by atoms with Gasteiger partial charge in [-0.3, -0.25) is 0 Å². The average Bonchev–Trinajstić information content (AvgIpc) is 2.97. The van der Waals surface area contributed by atoms with E-state index in [2.05, 4.69) is 0 Å². The van der Waals surface area contributed by atoms with Crippen LogP contribution in [0.5, 0.6) is 0 Å². The van der Waals surface area contributed by atoms with Gasteiger partial charge in [0.15, 0.2) is 0 Å². The number of benzene rings is 1. The minimum atomic E-state index is -0.983. The van der Waals surface area contributed by atoms with Crippen LogP contribution in [-0.2, 0) is 6.54 Å². The van der Waals surface area contributed by atoms with Crippen LogP contribution < -0.4 is 0 Å². The Bertz CT molecular complexity index is 757. The molecule has 1 aromatic carbocycles. The molecule has 3 rings (SSSR count). The molecule has 0 saturated heterocycles. The normalized spacial score (nSPS) is 11.0. The molecule has 1 N–H and O–H groups in total. The van der Waals surface area contributed by atoms with Gasteiger partial charge in [0.25, 0.3) is 0 Å². The van der Waals surface area contributed by atoms with Crippen LogP contribution in [-0.4, -0.2) is 15.6 Å². The fourth-order valence-corrected chi connectivity index (χ4v) is 2.30. The first-order valence-corrected chi connectivity index (χ1v) is 6.07. The molecule has 4 nitrogen and oxygen atoms in total. The Labute approximate surface area is 113 Å². The second-order valence-electron chi connectivity index (χ2n) is 4.21. The number of furan rings is 1. The summed E-state index contributed by atoms with van der Waals surface area (Å²) in [5.41, 5.74) is 1.17. The van der Waals surface area contributed by atoms with E-state index in [0.717, 1.165) is 10.9 Å². The van der Waals surface area contributed by atoms with E-state index in [4.69, 9.17) is 21.1 Å². The summed E-state index contributed by atoms with van der Waals surface area (Å²) in [6, 6.07) is 8.97. The predicted octanol–water partition coefficient (Wildman–Crippen LogP) is 3.63. The molecule has 0 aliphatic carbocycles. The molecule has 3 aromatic rings. The van der Waals surface area contributed by atoms with Crippen LogP contribution in [0.25, 0.3) is 10.9 Å². The fourth-order valence-electron chi connectivity index (χ4n) is 2.12. The summed E-state index contributed by atoms with van der Waals surface area (Å²) in [5, 5.41) is 10.7. The molecular formula is C14H10ClNO3. The van der Waals surface area contributed by atoms with Crippen molar-refractivity contribution in [3.63, 3.8) is 0 Å². The molecule has 5 heteroatoms. The zero-order valence-electron chi connectivity index (χ0n) is 9.84. The molecule has 96 valence electrons. The van der Waals surface area contributed by atoms with Gasteiger partial charge in [-0.1, -0.05) is 11.6 Å². The van der Waals surface area contributed by atoms with Gasteiger partial charge in [-0.25, -0.2) is 4.79 Å². The van der Waals surface area contributed by atoms with Crippen molar-refractivity contribution in [1.82, 2.24) is 4.57 Å². The number of aromatic nitrogens is 1. The van der Waals surface area contributed by atoms with Gasteiger partial charge in [-0.05, 0) is 30.3 Å². The summed E-state index contributed by atoms with van der Waals surface area (Å²) in [6.45, 7) is 0.375. The van der Waals surface area contributed by atoms with E-state index in [0.29, 0.717) is 17.3 Å². The number of hydrogen-bond acceptors (Lipinski definition) is 2. The highest BCUT2D eigenvalue weighted by Gasteiger charge is 2.14. The van der Waals surface area contributed by atoms with Crippen LogP contribution in [0.3, 0.4) is 0 Å². The summed E-state index contributed by atoms with van der Waals surface area (Å²) >= 11 is 5.93. The minimum absolute atomic E-state index is 0.191. The second kappa shape index (κ2) is 4.48. The Morgan fingerprint density at radius 2 is 2.16 bits per heavy atom. The largest absolute Gasteiger partial charge is 0.478 e. The van der Waals surface area contributed by atoms with Crippen molar-refractivity contribution in [1.29, 1.82) is 0 Å². The number of rotatable bonds is 3. The van der Waals surface area contributed by atoms with Crippen molar-refractivity contribution in [3.05, 3.63) is 59.1 Å². The van der Waals surface area contributed by atoms with Crippen LogP contribution in [0.15, 0.2) is 47.2 Å². The van der Waals surface area contributed by atoms with Gasteiger partial charge in [0, 0.05) is 22.1 Å². The maximum absolute atomic E-state index is 11.0. The Morgan fingerprint density at radius 3 is 2.95 bits per heavy atom. The van der Waals surface area contributed by atoms with Crippen molar-refractivity contribution in [2.24, 2.45) is 0 Å². The SMILES string of the molecule is O=C(O)c1ccoc1Cn1ccc2cc(Cl)ccc21. The topological polar surface area (TPSA) is 55.4 Å². The van der Waals surface area contributed by atoms with Gasteiger partial charge in [0.1, 0.15) is 11.3 Å². The third-order valence-electron chi connectivity index (χ3n) is 3.02. The molecule has 0 aliphatic heterocycles. The van der Waals surface area contributed by atoms with E-state index >= 15 is 0 Å². The highest BCUT2D eigenvalue weighted by molar-refractivity contribution is 6.31. The predicted molar refractivity (Wildman–Crippen MR) is 71.7 cm³/mol. The summed E-state index contributed by atoms with van der Waals surface area (Å²) < 4.78 is 7.17. The van der Waals surface area contributed by atoms with E-state index in [1.807, 2.05) is 29.0 Å². The van der Waals surface area contributed by atoms with E-state index in [1.54, 1.807) is 6.07 Å². The molecule has 0 unspecified atom stereocenters. The summed E-state index contributed by atoms with van der Waals surface area (Å²) in [5.74, 6) is -0.553. The number of halogens is 1. The monoisotopic (exact) mass is 275 g/mol. The number of aromatic carboxylic acids is 1. The zero-order valence-corrected chi connectivity index (χ0v) is 10.6. The number of fused-ring (bicyclic) bond motifs is 1. The van der Waals surface area contributed by atoms with Crippen LogP contribution in [0.1, 0.15) is 16.1 Å². The van der Waals surface area contributed by atoms with E-state index < -0.39 is 5.97 Å².